The minimum Gasteiger partial charge on any atom is -0.508 e. The average Bonchev–Trinajstić information content (AvgIpc) is 2.83. The Kier molecular flexibility index (Phi) is 5.40. The number of nitrogens with zero attached hydrogens (tertiary/aromatic N) is 4. The molecule has 1 aliphatic heterocycles. The monoisotopic (exact) mass is 460 g/mol. The SMILES string of the molecule is C#Cc1c(F)ccc2cc(O)cc(-c3ncc4c(N5CCCC(C)C5)nc(OC)nc4c3F)c12. The summed E-state index contributed by atoms with van der Waals surface area (Å²) < 4.78 is 35.8. The molecule has 0 amide bonds. The highest BCUT2D eigenvalue weighted by Gasteiger charge is 2.25. The lowest BCUT2D eigenvalue weighted by Gasteiger charge is -2.32. The summed E-state index contributed by atoms with van der Waals surface area (Å²) in [6.45, 7) is 3.73. The molecule has 6 nitrogen and oxygen atoms in total. The largest absolute Gasteiger partial charge is 0.508 e. The topological polar surface area (TPSA) is 71.4 Å². The molecular formula is C26H22F2N4O2. The van der Waals surface area contributed by atoms with Gasteiger partial charge in [-0.15, -0.1) is 6.42 Å². The Balaban J connectivity index is 1.79. The summed E-state index contributed by atoms with van der Waals surface area (Å²) in [6, 6.07) is 5.50. The van der Waals surface area contributed by atoms with Gasteiger partial charge < -0.3 is 14.7 Å². The van der Waals surface area contributed by atoms with Crippen molar-refractivity contribution in [3.8, 4) is 35.4 Å². The van der Waals surface area contributed by atoms with Crippen molar-refractivity contribution in [1.29, 1.82) is 0 Å². The Morgan fingerprint density at radius 1 is 1.24 bits per heavy atom. The first-order chi connectivity index (χ1) is 16.4. The maximum absolute atomic E-state index is 16.0. The van der Waals surface area contributed by atoms with E-state index in [9.17, 15) is 9.50 Å². The number of piperidine rings is 1. The standard InChI is InChI=1S/C26H22F2N4O2/c1-4-17-20(27)8-7-15-10-16(33)11-18(21(15)17)23-22(28)24-19(12-29-23)25(31-26(30-24)34-3)32-9-5-6-14(2)13-32/h1,7-8,10-12,14,33H,5-6,9,13H2,2-3H3. The van der Waals surface area contributed by atoms with Crippen molar-refractivity contribution < 1.29 is 18.6 Å². The van der Waals surface area contributed by atoms with Crippen LogP contribution in [0.2, 0.25) is 0 Å². The number of pyridine rings is 1. The maximum atomic E-state index is 16.0. The van der Waals surface area contributed by atoms with Gasteiger partial charge in [0.05, 0.1) is 18.1 Å². The van der Waals surface area contributed by atoms with E-state index in [0.29, 0.717) is 22.5 Å². The molecule has 172 valence electrons. The van der Waals surface area contributed by atoms with Crippen molar-refractivity contribution in [3.63, 3.8) is 0 Å². The number of methoxy groups -OCH3 is 1. The molecule has 0 spiro atoms. The van der Waals surface area contributed by atoms with Gasteiger partial charge in [0, 0.05) is 30.2 Å². The summed E-state index contributed by atoms with van der Waals surface area (Å²) in [4.78, 5) is 15.2. The fraction of sp³-hybridized carbons (Fsp3) is 0.269. The van der Waals surface area contributed by atoms with E-state index in [0.717, 1.165) is 25.9 Å². The number of phenols is 1. The molecule has 34 heavy (non-hydrogen) atoms. The van der Waals surface area contributed by atoms with Gasteiger partial charge >= 0.3 is 6.01 Å². The van der Waals surface area contributed by atoms with Crippen LogP contribution in [0, 0.1) is 29.9 Å². The summed E-state index contributed by atoms with van der Waals surface area (Å²) in [5.41, 5.74) is 0.0686. The number of hydrogen-bond donors (Lipinski definition) is 1. The van der Waals surface area contributed by atoms with Gasteiger partial charge in [0.2, 0.25) is 0 Å². The molecule has 1 N–H and O–H groups in total. The zero-order valence-electron chi connectivity index (χ0n) is 18.8. The van der Waals surface area contributed by atoms with E-state index < -0.39 is 11.6 Å². The van der Waals surface area contributed by atoms with Gasteiger partial charge in [-0.25, -0.2) is 8.78 Å². The molecule has 5 rings (SSSR count). The third kappa shape index (κ3) is 3.54. The molecule has 0 bridgehead atoms. The third-order valence-corrected chi connectivity index (χ3v) is 6.23. The predicted octanol–water partition coefficient (Wildman–Crippen LogP) is 5.06. The number of aromatic hydroxyl groups is 1. The van der Waals surface area contributed by atoms with Crippen LogP contribution in [0.25, 0.3) is 32.9 Å². The first-order valence-electron chi connectivity index (χ1n) is 11.0. The van der Waals surface area contributed by atoms with Gasteiger partial charge in [0.25, 0.3) is 0 Å². The van der Waals surface area contributed by atoms with Crippen LogP contribution < -0.4 is 9.64 Å². The Bertz CT molecular complexity index is 1480. The molecule has 1 fully saturated rings. The highest BCUT2D eigenvalue weighted by atomic mass is 19.1. The molecule has 8 heteroatoms. The number of phenolic OH excluding ortho intramolecular Hbond substituents is 1. The van der Waals surface area contributed by atoms with E-state index in [4.69, 9.17) is 11.2 Å². The van der Waals surface area contributed by atoms with E-state index >= 15 is 4.39 Å². The fourth-order valence-electron chi connectivity index (χ4n) is 4.68. The smallest absolute Gasteiger partial charge is 0.318 e. The molecular weight excluding hydrogens is 438 g/mol. The lowest BCUT2D eigenvalue weighted by atomic mass is 9.95. The Hall–Kier alpha value is -3.99. The normalized spacial score (nSPS) is 16.1. The third-order valence-electron chi connectivity index (χ3n) is 6.23. The fourth-order valence-corrected chi connectivity index (χ4v) is 4.68. The summed E-state index contributed by atoms with van der Waals surface area (Å²) in [5, 5.41) is 11.5. The molecule has 2 aromatic carbocycles. The molecule has 4 aromatic rings. The number of rotatable bonds is 3. The zero-order chi connectivity index (χ0) is 24.0. The molecule has 2 aromatic heterocycles. The van der Waals surface area contributed by atoms with Crippen molar-refractivity contribution in [2.75, 3.05) is 25.1 Å². The number of fused-ring (bicyclic) bond motifs is 2. The van der Waals surface area contributed by atoms with Gasteiger partial charge in [-0.05, 0) is 42.3 Å². The average molecular weight is 460 g/mol. The van der Waals surface area contributed by atoms with Crippen LogP contribution in [0.15, 0.2) is 30.5 Å². The van der Waals surface area contributed by atoms with Crippen LogP contribution in [-0.2, 0) is 0 Å². The van der Waals surface area contributed by atoms with E-state index in [1.54, 1.807) is 0 Å². The molecule has 1 aliphatic rings. The molecule has 1 atom stereocenters. The van der Waals surface area contributed by atoms with Crippen molar-refractivity contribution in [1.82, 2.24) is 15.0 Å². The summed E-state index contributed by atoms with van der Waals surface area (Å²) in [7, 11) is 1.43. The highest BCUT2D eigenvalue weighted by Crippen LogP contribution is 2.39. The molecule has 3 heterocycles. The highest BCUT2D eigenvalue weighted by molar-refractivity contribution is 6.03. The number of anilines is 1. The minimum absolute atomic E-state index is 0.0280. The van der Waals surface area contributed by atoms with Crippen LogP contribution in [-0.4, -0.2) is 40.3 Å². The van der Waals surface area contributed by atoms with Crippen molar-refractivity contribution >= 4 is 27.5 Å². The van der Waals surface area contributed by atoms with E-state index in [-0.39, 0.29) is 39.5 Å². The second kappa shape index (κ2) is 8.41. The summed E-state index contributed by atoms with van der Waals surface area (Å²) in [5.74, 6) is 1.89. The van der Waals surface area contributed by atoms with Crippen molar-refractivity contribution in [2.45, 2.75) is 19.8 Å². The van der Waals surface area contributed by atoms with Crippen LogP contribution in [0.5, 0.6) is 11.8 Å². The Labute approximate surface area is 195 Å². The minimum atomic E-state index is -0.733. The number of hydrogen-bond acceptors (Lipinski definition) is 6. The quantitative estimate of drug-likeness (QED) is 0.431. The van der Waals surface area contributed by atoms with Crippen LogP contribution in [0.4, 0.5) is 14.6 Å². The van der Waals surface area contributed by atoms with Gasteiger partial charge in [-0.1, -0.05) is 18.9 Å². The maximum Gasteiger partial charge on any atom is 0.318 e. The number of benzene rings is 2. The van der Waals surface area contributed by atoms with E-state index in [1.165, 1.54) is 37.6 Å². The summed E-state index contributed by atoms with van der Waals surface area (Å²) in [6.07, 6.45) is 9.19. The zero-order valence-corrected chi connectivity index (χ0v) is 18.8. The first kappa shape index (κ1) is 21.8. The molecule has 1 saturated heterocycles. The number of aromatic nitrogens is 3. The lowest BCUT2D eigenvalue weighted by Crippen LogP contribution is -2.35. The predicted molar refractivity (Wildman–Crippen MR) is 127 cm³/mol. The summed E-state index contributed by atoms with van der Waals surface area (Å²) >= 11 is 0. The second-order valence-electron chi connectivity index (χ2n) is 8.57. The molecule has 0 aliphatic carbocycles. The second-order valence-corrected chi connectivity index (χ2v) is 8.57. The van der Waals surface area contributed by atoms with Gasteiger partial charge in [-0.3, -0.25) is 4.98 Å². The van der Waals surface area contributed by atoms with Crippen molar-refractivity contribution in [3.05, 3.63) is 47.7 Å². The molecule has 0 radical (unpaired) electrons. The van der Waals surface area contributed by atoms with Crippen molar-refractivity contribution in [2.24, 2.45) is 5.92 Å². The van der Waals surface area contributed by atoms with Crippen LogP contribution >= 0.6 is 0 Å². The Morgan fingerprint density at radius 3 is 2.79 bits per heavy atom. The van der Waals surface area contributed by atoms with Crippen LogP contribution in [0.3, 0.4) is 0 Å². The van der Waals surface area contributed by atoms with Gasteiger partial charge in [-0.2, -0.15) is 9.97 Å². The van der Waals surface area contributed by atoms with Gasteiger partial charge in [0.1, 0.15) is 28.6 Å². The van der Waals surface area contributed by atoms with Crippen LogP contribution in [0.1, 0.15) is 25.3 Å². The molecule has 0 saturated carbocycles. The van der Waals surface area contributed by atoms with Gasteiger partial charge in [0.15, 0.2) is 5.82 Å². The Morgan fingerprint density at radius 2 is 2.06 bits per heavy atom. The van der Waals surface area contributed by atoms with E-state index in [2.05, 4.69) is 32.7 Å². The first-order valence-corrected chi connectivity index (χ1v) is 11.0. The number of halogens is 2. The number of ether oxygens (including phenoxy) is 1. The number of terminal acetylenes is 1. The molecule has 1 unspecified atom stereocenters. The lowest BCUT2D eigenvalue weighted by molar-refractivity contribution is 0.379. The van der Waals surface area contributed by atoms with E-state index in [1.807, 2.05) is 0 Å².